The Kier molecular flexibility index (Phi) is 4.01. The fraction of sp³-hybridized carbons (Fsp3) is 0.538. The highest BCUT2D eigenvalue weighted by atomic mass is 19.4. The van der Waals surface area contributed by atoms with Gasteiger partial charge in [-0.1, -0.05) is 0 Å². The van der Waals surface area contributed by atoms with Crippen molar-refractivity contribution < 1.29 is 13.2 Å². The molecule has 0 bridgehead atoms. The summed E-state index contributed by atoms with van der Waals surface area (Å²) >= 11 is 0. The lowest BCUT2D eigenvalue weighted by Gasteiger charge is -2.34. The van der Waals surface area contributed by atoms with Gasteiger partial charge in [-0.25, -0.2) is 0 Å². The van der Waals surface area contributed by atoms with E-state index in [0.29, 0.717) is 0 Å². The Balaban J connectivity index is 2.24. The van der Waals surface area contributed by atoms with E-state index < -0.39 is 11.7 Å². The van der Waals surface area contributed by atoms with Gasteiger partial charge >= 0.3 is 6.18 Å². The number of halogens is 3. The molecule has 106 valence electrons. The first-order chi connectivity index (χ1) is 8.91. The lowest BCUT2D eigenvalue weighted by atomic mass is 10.1. The zero-order chi connectivity index (χ0) is 14.0. The van der Waals surface area contributed by atoms with E-state index in [1.54, 1.807) is 6.07 Å². The highest BCUT2D eigenvalue weighted by molar-refractivity contribution is 5.52. The van der Waals surface area contributed by atoms with Crippen LogP contribution in [-0.2, 0) is 12.7 Å². The average molecular weight is 273 g/mol. The molecule has 0 aliphatic carbocycles. The van der Waals surface area contributed by atoms with Crippen LogP contribution in [0.25, 0.3) is 0 Å². The maximum atomic E-state index is 12.8. The Morgan fingerprint density at radius 2 is 1.79 bits per heavy atom. The van der Waals surface area contributed by atoms with E-state index in [1.165, 1.54) is 6.07 Å². The third kappa shape index (κ3) is 3.19. The number of alkyl halides is 3. The van der Waals surface area contributed by atoms with Gasteiger partial charge in [-0.15, -0.1) is 0 Å². The smallest absolute Gasteiger partial charge is 0.369 e. The lowest BCUT2D eigenvalue weighted by molar-refractivity contribution is -0.138. The number of benzene rings is 1. The van der Waals surface area contributed by atoms with Crippen molar-refractivity contribution in [2.24, 2.45) is 5.73 Å². The SMILES string of the molecule is CN1CCN(c2ccc(C(F)(F)F)c(CN)c2)CC1. The molecule has 1 heterocycles. The summed E-state index contributed by atoms with van der Waals surface area (Å²) in [5.41, 5.74) is 5.79. The second kappa shape index (κ2) is 5.38. The largest absolute Gasteiger partial charge is 0.416 e. The van der Waals surface area contributed by atoms with Crippen LogP contribution in [0.4, 0.5) is 18.9 Å². The number of anilines is 1. The normalized spacial score (nSPS) is 17.8. The summed E-state index contributed by atoms with van der Waals surface area (Å²) in [5, 5.41) is 0. The van der Waals surface area contributed by atoms with Crippen molar-refractivity contribution in [3.63, 3.8) is 0 Å². The van der Waals surface area contributed by atoms with Gasteiger partial charge in [-0.2, -0.15) is 13.2 Å². The highest BCUT2D eigenvalue weighted by Gasteiger charge is 2.33. The van der Waals surface area contributed by atoms with E-state index >= 15 is 0 Å². The maximum absolute atomic E-state index is 12.8. The summed E-state index contributed by atoms with van der Waals surface area (Å²) in [4.78, 5) is 4.30. The van der Waals surface area contributed by atoms with E-state index in [4.69, 9.17) is 5.73 Å². The molecule has 2 N–H and O–H groups in total. The number of hydrogen-bond donors (Lipinski definition) is 1. The van der Waals surface area contributed by atoms with Crippen LogP contribution < -0.4 is 10.6 Å². The second-order valence-corrected chi connectivity index (χ2v) is 4.83. The van der Waals surface area contributed by atoms with Gasteiger partial charge in [0, 0.05) is 38.4 Å². The lowest BCUT2D eigenvalue weighted by Crippen LogP contribution is -2.44. The van der Waals surface area contributed by atoms with E-state index in [1.807, 2.05) is 7.05 Å². The molecule has 0 saturated carbocycles. The Morgan fingerprint density at radius 3 is 2.32 bits per heavy atom. The van der Waals surface area contributed by atoms with Crippen molar-refractivity contribution in [2.75, 3.05) is 38.1 Å². The number of hydrogen-bond acceptors (Lipinski definition) is 3. The molecular weight excluding hydrogens is 255 g/mol. The molecule has 6 heteroatoms. The summed E-state index contributed by atoms with van der Waals surface area (Å²) in [6.45, 7) is 3.38. The number of nitrogens with two attached hydrogens (primary N) is 1. The molecule has 1 saturated heterocycles. The Bertz CT molecular complexity index is 437. The fourth-order valence-corrected chi connectivity index (χ4v) is 2.29. The van der Waals surface area contributed by atoms with Crippen LogP contribution in [0.2, 0.25) is 0 Å². The van der Waals surface area contributed by atoms with Gasteiger partial charge in [0.15, 0.2) is 0 Å². The number of likely N-dealkylation sites (N-methyl/N-ethyl adjacent to an activating group) is 1. The molecule has 0 amide bonds. The molecule has 1 aromatic carbocycles. The van der Waals surface area contributed by atoms with E-state index in [9.17, 15) is 13.2 Å². The molecule has 1 fully saturated rings. The Labute approximate surface area is 110 Å². The van der Waals surface area contributed by atoms with Gasteiger partial charge in [-0.05, 0) is 30.8 Å². The van der Waals surface area contributed by atoms with Gasteiger partial charge in [0.2, 0.25) is 0 Å². The molecule has 0 radical (unpaired) electrons. The van der Waals surface area contributed by atoms with Gasteiger partial charge < -0.3 is 15.5 Å². The minimum absolute atomic E-state index is 0.101. The molecule has 3 nitrogen and oxygen atoms in total. The molecule has 2 rings (SSSR count). The number of rotatable bonds is 2. The van der Waals surface area contributed by atoms with E-state index in [-0.39, 0.29) is 12.1 Å². The predicted octanol–water partition coefficient (Wildman–Crippen LogP) is 1.92. The van der Waals surface area contributed by atoms with Gasteiger partial charge in [-0.3, -0.25) is 0 Å². The van der Waals surface area contributed by atoms with Crippen LogP contribution in [0.5, 0.6) is 0 Å². The third-order valence-electron chi connectivity index (χ3n) is 3.48. The van der Waals surface area contributed by atoms with E-state index in [0.717, 1.165) is 37.9 Å². The van der Waals surface area contributed by atoms with Crippen LogP contribution in [-0.4, -0.2) is 38.1 Å². The topological polar surface area (TPSA) is 32.5 Å². The first-order valence-corrected chi connectivity index (χ1v) is 6.25. The number of nitrogens with zero attached hydrogens (tertiary/aromatic N) is 2. The van der Waals surface area contributed by atoms with Gasteiger partial charge in [0.05, 0.1) is 5.56 Å². The quantitative estimate of drug-likeness (QED) is 0.893. The standard InChI is InChI=1S/C13H18F3N3/c1-18-4-6-19(7-5-18)11-2-3-12(13(14,15)16)10(8-11)9-17/h2-3,8H,4-7,9,17H2,1H3. The molecule has 0 spiro atoms. The summed E-state index contributed by atoms with van der Waals surface area (Å²) < 4.78 is 38.4. The summed E-state index contributed by atoms with van der Waals surface area (Å²) in [7, 11) is 2.04. The molecule has 19 heavy (non-hydrogen) atoms. The zero-order valence-corrected chi connectivity index (χ0v) is 10.9. The molecule has 0 aromatic heterocycles. The van der Waals surface area contributed by atoms with Crippen molar-refractivity contribution >= 4 is 5.69 Å². The van der Waals surface area contributed by atoms with Crippen LogP contribution >= 0.6 is 0 Å². The fourth-order valence-electron chi connectivity index (χ4n) is 2.29. The third-order valence-corrected chi connectivity index (χ3v) is 3.48. The minimum atomic E-state index is -4.34. The first-order valence-electron chi connectivity index (χ1n) is 6.25. The molecular formula is C13H18F3N3. The Morgan fingerprint density at radius 1 is 1.16 bits per heavy atom. The predicted molar refractivity (Wildman–Crippen MR) is 69.0 cm³/mol. The summed E-state index contributed by atoms with van der Waals surface area (Å²) in [5.74, 6) is 0. The monoisotopic (exact) mass is 273 g/mol. The van der Waals surface area contributed by atoms with Crippen molar-refractivity contribution in [1.82, 2.24) is 4.90 Å². The van der Waals surface area contributed by atoms with Crippen molar-refractivity contribution in [1.29, 1.82) is 0 Å². The molecule has 1 aliphatic heterocycles. The average Bonchev–Trinajstić information content (AvgIpc) is 2.38. The van der Waals surface area contributed by atoms with Crippen LogP contribution in [0.15, 0.2) is 18.2 Å². The maximum Gasteiger partial charge on any atom is 0.416 e. The minimum Gasteiger partial charge on any atom is -0.369 e. The first kappa shape index (κ1) is 14.1. The summed E-state index contributed by atoms with van der Waals surface area (Å²) in [6.07, 6.45) is -4.34. The molecule has 1 aliphatic rings. The van der Waals surface area contributed by atoms with Crippen LogP contribution in [0.3, 0.4) is 0 Å². The van der Waals surface area contributed by atoms with Crippen molar-refractivity contribution in [3.05, 3.63) is 29.3 Å². The number of piperazine rings is 1. The zero-order valence-electron chi connectivity index (χ0n) is 10.9. The second-order valence-electron chi connectivity index (χ2n) is 4.83. The highest BCUT2D eigenvalue weighted by Crippen LogP contribution is 2.34. The van der Waals surface area contributed by atoms with Gasteiger partial charge in [0.25, 0.3) is 0 Å². The van der Waals surface area contributed by atoms with Gasteiger partial charge in [0.1, 0.15) is 0 Å². The van der Waals surface area contributed by atoms with E-state index in [2.05, 4.69) is 9.80 Å². The van der Waals surface area contributed by atoms with Crippen LogP contribution in [0.1, 0.15) is 11.1 Å². The molecule has 1 aromatic rings. The van der Waals surface area contributed by atoms with Crippen LogP contribution in [0, 0.1) is 0 Å². The van der Waals surface area contributed by atoms with Crippen molar-refractivity contribution in [3.8, 4) is 0 Å². The van der Waals surface area contributed by atoms with Crippen molar-refractivity contribution in [2.45, 2.75) is 12.7 Å². The molecule has 0 atom stereocenters. The molecule has 0 unspecified atom stereocenters. The Hall–Kier alpha value is -1.27. The summed E-state index contributed by atoms with van der Waals surface area (Å²) in [6, 6.07) is 4.23.